The summed E-state index contributed by atoms with van der Waals surface area (Å²) in [6, 6.07) is 14.1. The van der Waals surface area contributed by atoms with Crippen molar-refractivity contribution in [1.29, 1.82) is 0 Å². The van der Waals surface area contributed by atoms with Gasteiger partial charge in [0.1, 0.15) is 5.82 Å². The Morgan fingerprint density at radius 2 is 1.67 bits per heavy atom. The smallest absolute Gasteiger partial charge is 0.127 e. The molecular weight excluding hydrogens is 397 g/mol. The Morgan fingerprint density at radius 3 is 2.38 bits per heavy atom. The highest BCUT2D eigenvalue weighted by atomic mass is 79.9. The average molecular weight is 413 g/mol. The highest BCUT2D eigenvalue weighted by Gasteiger charge is 2.29. The van der Waals surface area contributed by atoms with Crippen molar-refractivity contribution < 1.29 is 4.39 Å². The molecule has 0 bridgehead atoms. The molecule has 0 heterocycles. The van der Waals surface area contributed by atoms with Crippen LogP contribution in [0.4, 0.5) is 4.39 Å². The molecule has 21 heavy (non-hydrogen) atoms. The van der Waals surface area contributed by atoms with E-state index >= 15 is 0 Å². The predicted molar refractivity (Wildman–Crippen MR) is 90.8 cm³/mol. The molecule has 1 saturated carbocycles. The van der Waals surface area contributed by atoms with Gasteiger partial charge < -0.3 is 5.32 Å². The van der Waals surface area contributed by atoms with Crippen LogP contribution < -0.4 is 5.32 Å². The third-order valence-corrected chi connectivity index (χ3v) is 5.09. The Balaban J connectivity index is 1.51. The Kier molecular flexibility index (Phi) is 4.77. The number of rotatable bonds is 4. The Hall–Kier alpha value is -0.710. The number of hydrogen-bond donors (Lipinski definition) is 1. The Morgan fingerprint density at radius 1 is 1.00 bits per heavy atom. The van der Waals surface area contributed by atoms with Gasteiger partial charge >= 0.3 is 0 Å². The van der Waals surface area contributed by atoms with Gasteiger partial charge in [-0.15, -0.1) is 0 Å². The summed E-state index contributed by atoms with van der Waals surface area (Å²) in [7, 11) is 0. The van der Waals surface area contributed by atoms with Crippen LogP contribution in [0.25, 0.3) is 0 Å². The number of halogens is 3. The van der Waals surface area contributed by atoms with E-state index in [2.05, 4.69) is 61.4 Å². The van der Waals surface area contributed by atoms with Crippen LogP contribution in [-0.2, 0) is 6.54 Å². The van der Waals surface area contributed by atoms with Crippen LogP contribution in [-0.4, -0.2) is 6.04 Å². The van der Waals surface area contributed by atoms with Gasteiger partial charge in [-0.1, -0.05) is 44.0 Å². The molecule has 1 aliphatic carbocycles. The standard InChI is InChI=1S/C17H16Br2FN/c18-14-3-1-11(2-4-14)12-8-16(9-12)21-10-13-7-15(19)5-6-17(13)20/h1-7,12,16,21H,8-10H2. The summed E-state index contributed by atoms with van der Waals surface area (Å²) in [5, 5.41) is 3.44. The van der Waals surface area contributed by atoms with Crippen LogP contribution in [0.3, 0.4) is 0 Å². The van der Waals surface area contributed by atoms with Gasteiger partial charge in [0, 0.05) is 27.1 Å². The summed E-state index contributed by atoms with van der Waals surface area (Å²) in [5.41, 5.74) is 2.11. The lowest BCUT2D eigenvalue weighted by Crippen LogP contribution is -2.39. The minimum absolute atomic E-state index is 0.144. The van der Waals surface area contributed by atoms with E-state index in [1.165, 1.54) is 11.6 Å². The molecule has 2 aromatic rings. The zero-order valence-corrected chi connectivity index (χ0v) is 14.6. The van der Waals surface area contributed by atoms with Crippen molar-refractivity contribution in [3.8, 4) is 0 Å². The molecule has 3 rings (SSSR count). The van der Waals surface area contributed by atoms with E-state index in [4.69, 9.17) is 0 Å². The zero-order valence-electron chi connectivity index (χ0n) is 11.5. The van der Waals surface area contributed by atoms with Gasteiger partial charge in [0.15, 0.2) is 0 Å². The second-order valence-corrected chi connectivity index (χ2v) is 7.36. The van der Waals surface area contributed by atoms with E-state index in [0.717, 1.165) is 27.4 Å². The quantitative estimate of drug-likeness (QED) is 0.710. The first-order valence-corrected chi connectivity index (χ1v) is 8.63. The second-order valence-electron chi connectivity index (χ2n) is 5.53. The van der Waals surface area contributed by atoms with E-state index in [-0.39, 0.29) is 5.82 Å². The van der Waals surface area contributed by atoms with Crippen molar-refractivity contribution in [3.05, 3.63) is 68.4 Å². The molecule has 0 aliphatic heterocycles. The van der Waals surface area contributed by atoms with Gasteiger partial charge in [0.05, 0.1) is 0 Å². The summed E-state index contributed by atoms with van der Waals surface area (Å²) >= 11 is 6.84. The normalized spacial score (nSPS) is 21.1. The lowest BCUT2D eigenvalue weighted by molar-refractivity contribution is 0.288. The highest BCUT2D eigenvalue weighted by Crippen LogP contribution is 2.37. The average Bonchev–Trinajstić information content (AvgIpc) is 2.42. The van der Waals surface area contributed by atoms with Crippen LogP contribution in [0.5, 0.6) is 0 Å². The fourth-order valence-corrected chi connectivity index (χ4v) is 3.40. The van der Waals surface area contributed by atoms with Crippen molar-refractivity contribution in [2.24, 2.45) is 0 Å². The first kappa shape index (κ1) is 15.2. The van der Waals surface area contributed by atoms with Crippen LogP contribution in [0, 0.1) is 5.82 Å². The van der Waals surface area contributed by atoms with Crippen molar-refractivity contribution in [2.45, 2.75) is 31.3 Å². The SMILES string of the molecule is Fc1ccc(Br)cc1CNC1CC(c2ccc(Br)cc2)C1. The number of nitrogens with one attached hydrogen (secondary N) is 1. The molecule has 2 aromatic carbocycles. The van der Waals surface area contributed by atoms with E-state index in [0.29, 0.717) is 18.5 Å². The third-order valence-electron chi connectivity index (χ3n) is 4.07. The number of hydrogen-bond acceptors (Lipinski definition) is 1. The molecule has 1 nitrogen and oxygen atoms in total. The van der Waals surface area contributed by atoms with Gasteiger partial charge in [-0.2, -0.15) is 0 Å². The minimum Gasteiger partial charge on any atom is -0.310 e. The van der Waals surface area contributed by atoms with Crippen LogP contribution in [0.1, 0.15) is 29.9 Å². The van der Waals surface area contributed by atoms with Crippen molar-refractivity contribution in [2.75, 3.05) is 0 Å². The molecule has 0 saturated heterocycles. The molecule has 0 unspecified atom stereocenters. The van der Waals surface area contributed by atoms with Gasteiger partial charge in [-0.3, -0.25) is 0 Å². The van der Waals surface area contributed by atoms with Gasteiger partial charge in [-0.05, 0) is 54.7 Å². The molecular formula is C17H16Br2FN. The van der Waals surface area contributed by atoms with E-state index < -0.39 is 0 Å². The minimum atomic E-state index is -0.144. The third kappa shape index (κ3) is 3.74. The summed E-state index contributed by atoms with van der Waals surface area (Å²) in [5.74, 6) is 0.484. The molecule has 1 N–H and O–H groups in total. The largest absolute Gasteiger partial charge is 0.310 e. The van der Waals surface area contributed by atoms with Crippen molar-refractivity contribution >= 4 is 31.9 Å². The molecule has 0 amide bonds. The lowest BCUT2D eigenvalue weighted by Gasteiger charge is -2.36. The maximum atomic E-state index is 13.7. The summed E-state index contributed by atoms with van der Waals surface area (Å²) in [6.45, 7) is 0.586. The molecule has 0 spiro atoms. The Labute approximate surface area is 141 Å². The van der Waals surface area contributed by atoms with Crippen LogP contribution in [0.2, 0.25) is 0 Å². The fourth-order valence-electron chi connectivity index (χ4n) is 2.72. The topological polar surface area (TPSA) is 12.0 Å². The second kappa shape index (κ2) is 6.59. The molecule has 1 fully saturated rings. The monoisotopic (exact) mass is 411 g/mol. The van der Waals surface area contributed by atoms with E-state index in [1.54, 1.807) is 6.07 Å². The zero-order chi connectivity index (χ0) is 14.8. The van der Waals surface area contributed by atoms with Gasteiger partial charge in [0.25, 0.3) is 0 Å². The molecule has 0 atom stereocenters. The van der Waals surface area contributed by atoms with Crippen molar-refractivity contribution in [3.63, 3.8) is 0 Å². The first-order valence-electron chi connectivity index (χ1n) is 7.04. The molecule has 1 aliphatic rings. The first-order chi connectivity index (χ1) is 10.1. The maximum Gasteiger partial charge on any atom is 0.127 e. The fraction of sp³-hybridized carbons (Fsp3) is 0.294. The van der Waals surface area contributed by atoms with Crippen molar-refractivity contribution in [1.82, 2.24) is 5.32 Å². The maximum absolute atomic E-state index is 13.7. The Bertz CT molecular complexity index is 621. The molecule has 110 valence electrons. The highest BCUT2D eigenvalue weighted by molar-refractivity contribution is 9.10. The van der Waals surface area contributed by atoms with E-state index in [1.807, 2.05) is 6.07 Å². The van der Waals surface area contributed by atoms with Crippen LogP contribution in [0.15, 0.2) is 51.4 Å². The van der Waals surface area contributed by atoms with E-state index in [9.17, 15) is 4.39 Å². The molecule has 0 aromatic heterocycles. The summed E-state index contributed by atoms with van der Waals surface area (Å²) in [4.78, 5) is 0. The lowest BCUT2D eigenvalue weighted by atomic mass is 9.76. The molecule has 0 radical (unpaired) electrons. The molecule has 4 heteroatoms. The predicted octanol–water partition coefficient (Wildman–Crippen LogP) is 5.39. The number of benzene rings is 2. The van der Waals surface area contributed by atoms with Crippen LogP contribution >= 0.6 is 31.9 Å². The van der Waals surface area contributed by atoms with Gasteiger partial charge in [0.2, 0.25) is 0 Å². The van der Waals surface area contributed by atoms with Gasteiger partial charge in [-0.25, -0.2) is 4.39 Å². The summed E-state index contributed by atoms with van der Waals surface area (Å²) in [6.07, 6.45) is 2.24. The summed E-state index contributed by atoms with van der Waals surface area (Å²) < 4.78 is 15.7.